The number of carbonyl (C=O) groups is 1. The van der Waals surface area contributed by atoms with Gasteiger partial charge in [0.25, 0.3) is 0 Å². The predicted octanol–water partition coefficient (Wildman–Crippen LogP) is 9.30. The molecule has 0 radical (unpaired) electrons. The van der Waals surface area contributed by atoms with Crippen molar-refractivity contribution in [1.29, 1.82) is 0 Å². The molecule has 0 fully saturated rings. The second-order valence-electron chi connectivity index (χ2n) is 11.4. The highest BCUT2D eigenvalue weighted by Crippen LogP contribution is 2.26. The predicted molar refractivity (Wildman–Crippen MR) is 191 cm³/mol. The van der Waals surface area contributed by atoms with Crippen molar-refractivity contribution >= 4 is 6.29 Å². The molecule has 0 aliphatic rings. The van der Waals surface area contributed by atoms with Crippen molar-refractivity contribution in [3.05, 3.63) is 167 Å². The molecule has 0 bridgehead atoms. The Balaban J connectivity index is 0.000000190. The number of methoxy groups -OCH3 is 1. The molecule has 0 saturated carbocycles. The van der Waals surface area contributed by atoms with Crippen LogP contribution in [0.25, 0.3) is 22.3 Å². The number of rotatable bonds is 11. The van der Waals surface area contributed by atoms with Gasteiger partial charge in [-0.25, -0.2) is 0 Å². The Hall–Kier alpha value is -5.59. The second-order valence-corrected chi connectivity index (χ2v) is 11.4. The molecule has 1 unspecified atom stereocenters. The van der Waals surface area contributed by atoms with Crippen molar-refractivity contribution in [2.45, 2.75) is 32.8 Å². The minimum atomic E-state index is 0.0381. The molecule has 48 heavy (non-hydrogen) atoms. The molecule has 0 amide bonds. The molecule has 0 spiro atoms. The summed E-state index contributed by atoms with van der Waals surface area (Å²) in [4.78, 5) is 19.2. The van der Waals surface area contributed by atoms with Crippen LogP contribution >= 0.6 is 0 Å². The maximum atomic E-state index is 10.6. The molecule has 1 N–H and O–H groups in total. The lowest BCUT2D eigenvalue weighted by atomic mass is 10.0. The normalized spacial score (nSPS) is 11.2. The summed E-state index contributed by atoms with van der Waals surface area (Å²) in [6.07, 6.45) is 6.10. The highest BCUT2D eigenvalue weighted by molar-refractivity contribution is 5.71. The number of pyridine rings is 2. The highest BCUT2D eigenvalue weighted by Gasteiger charge is 2.07. The number of hydrogen-bond acceptors (Lipinski definition) is 6. The van der Waals surface area contributed by atoms with Gasteiger partial charge in [-0.1, -0.05) is 84.9 Å². The summed E-state index contributed by atoms with van der Waals surface area (Å²) in [5, 5.41) is 9.53. The van der Waals surface area contributed by atoms with Crippen molar-refractivity contribution in [3.63, 3.8) is 0 Å². The van der Waals surface area contributed by atoms with E-state index in [1.165, 1.54) is 22.3 Å². The van der Waals surface area contributed by atoms with Crippen LogP contribution in [0.3, 0.4) is 0 Å². The minimum Gasteiger partial charge on any atom is -0.508 e. The van der Waals surface area contributed by atoms with E-state index in [1.54, 1.807) is 31.5 Å². The molecule has 6 nitrogen and oxygen atoms in total. The van der Waals surface area contributed by atoms with E-state index in [0.717, 1.165) is 52.8 Å². The topological polar surface area (TPSA) is 81.5 Å². The summed E-state index contributed by atoms with van der Waals surface area (Å²) >= 11 is 0. The minimum absolute atomic E-state index is 0.0381. The first-order valence-electron chi connectivity index (χ1n) is 16.0. The number of aromatic nitrogens is 2. The van der Waals surface area contributed by atoms with Gasteiger partial charge in [0.2, 0.25) is 0 Å². The molecule has 1 atom stereocenters. The highest BCUT2D eigenvalue weighted by atomic mass is 16.5. The Morgan fingerprint density at radius 2 is 1.23 bits per heavy atom. The molecule has 0 saturated heterocycles. The molecule has 2 heterocycles. The van der Waals surface area contributed by atoms with E-state index < -0.39 is 0 Å². The van der Waals surface area contributed by atoms with E-state index in [0.29, 0.717) is 12.3 Å². The summed E-state index contributed by atoms with van der Waals surface area (Å²) in [5.41, 5.74) is 10.5. The molecular formula is C42H40N2O4. The van der Waals surface area contributed by atoms with Crippen LogP contribution in [-0.4, -0.2) is 35.1 Å². The largest absolute Gasteiger partial charge is 0.508 e. The lowest BCUT2D eigenvalue weighted by Crippen LogP contribution is -2.02. The van der Waals surface area contributed by atoms with Crippen LogP contribution in [0.4, 0.5) is 0 Å². The monoisotopic (exact) mass is 636 g/mol. The number of hydrogen-bond donors (Lipinski definition) is 1. The first-order valence-corrected chi connectivity index (χ1v) is 16.0. The smallest absolute Gasteiger partial charge is 0.168 e. The van der Waals surface area contributed by atoms with Gasteiger partial charge in [-0.2, -0.15) is 0 Å². The van der Waals surface area contributed by atoms with E-state index in [4.69, 9.17) is 9.47 Å². The van der Waals surface area contributed by atoms with Gasteiger partial charge < -0.3 is 14.6 Å². The third kappa shape index (κ3) is 9.47. The van der Waals surface area contributed by atoms with E-state index in [1.807, 2.05) is 62.5 Å². The van der Waals surface area contributed by atoms with Crippen LogP contribution < -0.4 is 4.74 Å². The number of aromatic hydroxyl groups is 1. The zero-order chi connectivity index (χ0) is 33.7. The van der Waals surface area contributed by atoms with Crippen molar-refractivity contribution in [2.24, 2.45) is 0 Å². The van der Waals surface area contributed by atoms with Crippen molar-refractivity contribution in [1.82, 2.24) is 9.97 Å². The third-order valence-corrected chi connectivity index (χ3v) is 7.96. The van der Waals surface area contributed by atoms with Gasteiger partial charge in [0.1, 0.15) is 17.2 Å². The van der Waals surface area contributed by atoms with Crippen LogP contribution in [0.2, 0.25) is 0 Å². The van der Waals surface area contributed by atoms with Crippen LogP contribution in [0.5, 0.6) is 11.5 Å². The Morgan fingerprint density at radius 1 is 0.667 bits per heavy atom. The van der Waals surface area contributed by atoms with Gasteiger partial charge in [-0.3, -0.25) is 14.8 Å². The van der Waals surface area contributed by atoms with Crippen LogP contribution in [0.15, 0.2) is 134 Å². The Kier molecular flexibility index (Phi) is 11.8. The maximum absolute atomic E-state index is 10.6. The van der Waals surface area contributed by atoms with Gasteiger partial charge in [-0.15, -0.1) is 0 Å². The van der Waals surface area contributed by atoms with Gasteiger partial charge in [0, 0.05) is 19.0 Å². The quantitative estimate of drug-likeness (QED) is 0.143. The number of nitrogens with zero attached hydrogens (tertiary/aromatic N) is 2. The Bertz CT molecular complexity index is 1890. The Labute approximate surface area is 282 Å². The van der Waals surface area contributed by atoms with Crippen molar-refractivity contribution < 1.29 is 19.4 Å². The summed E-state index contributed by atoms with van der Waals surface area (Å²) in [6, 6.07) is 40.0. The summed E-state index contributed by atoms with van der Waals surface area (Å²) < 4.78 is 10.9. The van der Waals surface area contributed by atoms with Gasteiger partial charge in [0.15, 0.2) is 6.29 Å². The van der Waals surface area contributed by atoms with E-state index >= 15 is 0 Å². The summed E-state index contributed by atoms with van der Waals surface area (Å²) in [7, 11) is 1.69. The fourth-order valence-corrected chi connectivity index (χ4v) is 5.32. The lowest BCUT2D eigenvalue weighted by Gasteiger charge is -2.11. The van der Waals surface area contributed by atoms with Crippen LogP contribution in [0.1, 0.15) is 58.4 Å². The average molecular weight is 637 g/mol. The average Bonchev–Trinajstić information content (AvgIpc) is 3.13. The van der Waals surface area contributed by atoms with E-state index in [-0.39, 0.29) is 11.9 Å². The number of aldehydes is 1. The molecule has 6 heteroatoms. The summed E-state index contributed by atoms with van der Waals surface area (Å²) in [6.45, 7) is 4.73. The number of ether oxygens (including phenoxy) is 2. The maximum Gasteiger partial charge on any atom is 0.168 e. The van der Waals surface area contributed by atoms with E-state index in [2.05, 4.69) is 70.6 Å². The second kappa shape index (κ2) is 16.8. The fourth-order valence-electron chi connectivity index (χ4n) is 5.32. The molecule has 2 aromatic heterocycles. The van der Waals surface area contributed by atoms with Crippen molar-refractivity contribution in [2.75, 3.05) is 13.7 Å². The van der Waals surface area contributed by atoms with Gasteiger partial charge >= 0.3 is 0 Å². The number of phenolic OH excluding ortho intramolecular Hbond substituents is 1. The fraction of sp³-hybridized carbons (Fsp3) is 0.167. The van der Waals surface area contributed by atoms with Crippen molar-refractivity contribution in [3.8, 4) is 33.8 Å². The number of carbonyl (C=O) groups excluding carboxylic acids is 1. The number of phenols is 1. The SMILES string of the molecule is CCOC(C)c1ccc(Cc2ccc(-c3cccc(OC)c3)cc2)cn1.O=Cc1ccc(Cc2ccc(-c3cccc(O)c3)cc2)cn1. The third-order valence-electron chi connectivity index (χ3n) is 7.96. The Morgan fingerprint density at radius 3 is 1.73 bits per heavy atom. The standard InChI is InChI=1S/C23H25NO2.C19H15NO2/c1-4-26-17(2)23-13-10-19(16-24-23)14-18-8-11-20(12-9-18)21-6-5-7-22(15-21)25-3;21-13-18-9-6-15(12-20-18)10-14-4-7-16(8-5-14)17-2-1-3-19(22)11-17/h5-13,15-17H,4,14H2,1-3H3;1-9,11-13,22H,10H2. The molecule has 242 valence electrons. The zero-order valence-electron chi connectivity index (χ0n) is 27.5. The molecule has 4 aromatic carbocycles. The molecular weight excluding hydrogens is 596 g/mol. The van der Waals surface area contributed by atoms with E-state index in [9.17, 15) is 9.90 Å². The number of benzene rings is 4. The van der Waals surface area contributed by atoms with Crippen LogP contribution in [0, 0.1) is 0 Å². The first kappa shape index (κ1) is 33.8. The molecule has 0 aliphatic heterocycles. The molecule has 6 aromatic rings. The van der Waals surface area contributed by atoms with Gasteiger partial charge in [0.05, 0.1) is 18.9 Å². The molecule has 6 rings (SSSR count). The first-order chi connectivity index (χ1) is 23.4. The zero-order valence-corrected chi connectivity index (χ0v) is 27.5. The lowest BCUT2D eigenvalue weighted by molar-refractivity contribution is 0.0733. The van der Waals surface area contributed by atoms with Crippen LogP contribution in [-0.2, 0) is 17.6 Å². The summed E-state index contributed by atoms with van der Waals surface area (Å²) in [5.74, 6) is 1.14. The molecule has 0 aliphatic carbocycles. The van der Waals surface area contributed by atoms with Gasteiger partial charge in [-0.05, 0) is 108 Å².